The molecular formula is C14H9BrO. The standard InChI is InChI=1S/C14H9BrO/c15-13-5-1-3-11(9-13)7-8-12-4-2-6-14(16)10-12/h1-6,9-10,16H. The van der Waals surface area contributed by atoms with Gasteiger partial charge < -0.3 is 5.11 Å². The van der Waals surface area contributed by atoms with E-state index in [1.807, 2.05) is 30.3 Å². The van der Waals surface area contributed by atoms with E-state index in [0.717, 1.165) is 15.6 Å². The van der Waals surface area contributed by atoms with E-state index in [1.165, 1.54) is 0 Å². The molecule has 0 unspecified atom stereocenters. The number of phenolic OH excluding ortho intramolecular Hbond substituents is 1. The molecule has 0 fully saturated rings. The lowest BCUT2D eigenvalue weighted by Gasteiger charge is -1.93. The number of benzene rings is 2. The zero-order chi connectivity index (χ0) is 11.4. The molecule has 0 saturated heterocycles. The van der Waals surface area contributed by atoms with Crippen LogP contribution in [0.1, 0.15) is 11.1 Å². The molecule has 1 nitrogen and oxygen atoms in total. The van der Waals surface area contributed by atoms with Crippen LogP contribution in [0.15, 0.2) is 53.0 Å². The van der Waals surface area contributed by atoms with Crippen molar-refractivity contribution in [3.05, 3.63) is 64.1 Å². The average Bonchev–Trinajstić information content (AvgIpc) is 2.27. The average molecular weight is 273 g/mol. The lowest BCUT2D eigenvalue weighted by Crippen LogP contribution is -1.76. The summed E-state index contributed by atoms with van der Waals surface area (Å²) in [6.07, 6.45) is 0. The first-order chi connectivity index (χ1) is 7.74. The number of hydrogen-bond donors (Lipinski definition) is 1. The van der Waals surface area contributed by atoms with Crippen LogP contribution < -0.4 is 0 Å². The van der Waals surface area contributed by atoms with E-state index in [2.05, 4.69) is 27.8 Å². The van der Waals surface area contributed by atoms with Gasteiger partial charge in [0.1, 0.15) is 5.75 Å². The molecule has 0 aliphatic rings. The Hall–Kier alpha value is -1.72. The molecule has 0 spiro atoms. The maximum Gasteiger partial charge on any atom is 0.116 e. The summed E-state index contributed by atoms with van der Waals surface area (Å²) in [5, 5.41) is 9.28. The Labute approximate surface area is 103 Å². The van der Waals surface area contributed by atoms with Crippen LogP contribution in [-0.2, 0) is 0 Å². The third-order valence-electron chi connectivity index (χ3n) is 2.02. The molecule has 2 aromatic carbocycles. The lowest BCUT2D eigenvalue weighted by atomic mass is 10.2. The fraction of sp³-hybridized carbons (Fsp3) is 0. The number of rotatable bonds is 0. The van der Waals surface area contributed by atoms with Gasteiger partial charge in [0.15, 0.2) is 0 Å². The third-order valence-corrected chi connectivity index (χ3v) is 2.52. The highest BCUT2D eigenvalue weighted by Crippen LogP contribution is 2.12. The van der Waals surface area contributed by atoms with Crippen LogP contribution in [0.5, 0.6) is 5.75 Å². The summed E-state index contributed by atoms with van der Waals surface area (Å²) in [7, 11) is 0. The number of phenols is 1. The van der Waals surface area contributed by atoms with E-state index in [4.69, 9.17) is 0 Å². The topological polar surface area (TPSA) is 20.2 Å². The SMILES string of the molecule is Oc1cccc(C#Cc2cccc(Br)c2)c1. The van der Waals surface area contributed by atoms with E-state index >= 15 is 0 Å². The van der Waals surface area contributed by atoms with Gasteiger partial charge in [0.2, 0.25) is 0 Å². The molecule has 2 rings (SSSR count). The molecule has 0 saturated carbocycles. The summed E-state index contributed by atoms with van der Waals surface area (Å²) >= 11 is 3.39. The van der Waals surface area contributed by atoms with Crippen molar-refractivity contribution in [2.45, 2.75) is 0 Å². The zero-order valence-electron chi connectivity index (χ0n) is 8.44. The first-order valence-corrected chi connectivity index (χ1v) is 5.60. The highest BCUT2D eigenvalue weighted by atomic mass is 79.9. The largest absolute Gasteiger partial charge is 0.508 e. The van der Waals surface area contributed by atoms with Crippen LogP contribution in [0.3, 0.4) is 0 Å². The normalized spacial score (nSPS) is 9.31. The predicted octanol–water partition coefficient (Wildman–Crippen LogP) is 3.55. The Morgan fingerprint density at radius 1 is 0.875 bits per heavy atom. The van der Waals surface area contributed by atoms with Gasteiger partial charge in [0.05, 0.1) is 0 Å². The molecule has 2 aromatic rings. The van der Waals surface area contributed by atoms with Crippen molar-refractivity contribution < 1.29 is 5.11 Å². The minimum atomic E-state index is 0.237. The van der Waals surface area contributed by atoms with Crippen molar-refractivity contribution in [2.24, 2.45) is 0 Å². The number of aromatic hydroxyl groups is 1. The number of hydrogen-bond acceptors (Lipinski definition) is 1. The number of halogens is 1. The molecule has 0 aliphatic carbocycles. The molecule has 16 heavy (non-hydrogen) atoms. The fourth-order valence-corrected chi connectivity index (χ4v) is 1.69. The molecule has 2 heteroatoms. The Kier molecular flexibility index (Phi) is 3.28. The minimum Gasteiger partial charge on any atom is -0.508 e. The molecule has 0 aromatic heterocycles. The van der Waals surface area contributed by atoms with Gasteiger partial charge in [-0.05, 0) is 36.4 Å². The van der Waals surface area contributed by atoms with Crippen molar-refractivity contribution in [3.63, 3.8) is 0 Å². The van der Waals surface area contributed by atoms with Crippen LogP contribution in [0, 0.1) is 11.8 Å². The Morgan fingerprint density at radius 3 is 2.12 bits per heavy atom. The predicted molar refractivity (Wildman–Crippen MR) is 68.2 cm³/mol. The van der Waals surface area contributed by atoms with Crippen molar-refractivity contribution >= 4 is 15.9 Å². The van der Waals surface area contributed by atoms with Crippen molar-refractivity contribution in [2.75, 3.05) is 0 Å². The highest BCUT2D eigenvalue weighted by molar-refractivity contribution is 9.10. The molecule has 1 N–H and O–H groups in total. The summed E-state index contributed by atoms with van der Waals surface area (Å²) < 4.78 is 1.01. The first-order valence-electron chi connectivity index (χ1n) is 4.81. The second kappa shape index (κ2) is 4.87. The second-order valence-corrected chi connectivity index (χ2v) is 4.23. The summed E-state index contributed by atoms with van der Waals surface area (Å²) in [5.74, 6) is 6.27. The van der Waals surface area contributed by atoms with E-state index in [0.29, 0.717) is 0 Å². The van der Waals surface area contributed by atoms with E-state index in [1.54, 1.807) is 18.2 Å². The van der Waals surface area contributed by atoms with Gasteiger partial charge in [-0.2, -0.15) is 0 Å². The molecule has 0 radical (unpaired) electrons. The van der Waals surface area contributed by atoms with E-state index in [-0.39, 0.29) is 5.75 Å². The minimum absolute atomic E-state index is 0.237. The van der Waals surface area contributed by atoms with Gasteiger partial charge in [-0.3, -0.25) is 0 Å². The second-order valence-electron chi connectivity index (χ2n) is 3.31. The zero-order valence-corrected chi connectivity index (χ0v) is 10.0. The molecular weight excluding hydrogens is 264 g/mol. The maximum absolute atomic E-state index is 9.28. The van der Waals surface area contributed by atoms with Gasteiger partial charge in [0, 0.05) is 15.6 Å². The van der Waals surface area contributed by atoms with Gasteiger partial charge in [-0.1, -0.05) is 39.9 Å². The molecule has 0 aliphatic heterocycles. The first kappa shape index (κ1) is 10.8. The summed E-state index contributed by atoms with van der Waals surface area (Å²) in [6.45, 7) is 0. The third kappa shape index (κ3) is 2.88. The van der Waals surface area contributed by atoms with Crippen LogP contribution in [-0.4, -0.2) is 5.11 Å². The lowest BCUT2D eigenvalue weighted by molar-refractivity contribution is 0.475. The fourth-order valence-electron chi connectivity index (χ4n) is 1.29. The van der Waals surface area contributed by atoms with Crippen molar-refractivity contribution in [1.29, 1.82) is 0 Å². The van der Waals surface area contributed by atoms with Crippen LogP contribution in [0.2, 0.25) is 0 Å². The molecule has 0 bridgehead atoms. The summed E-state index contributed by atoms with van der Waals surface area (Å²) in [4.78, 5) is 0. The molecule has 0 heterocycles. The van der Waals surface area contributed by atoms with Gasteiger partial charge in [-0.25, -0.2) is 0 Å². The summed E-state index contributed by atoms with van der Waals surface area (Å²) in [5.41, 5.74) is 1.75. The van der Waals surface area contributed by atoms with E-state index < -0.39 is 0 Å². The molecule has 0 atom stereocenters. The molecule has 78 valence electrons. The van der Waals surface area contributed by atoms with E-state index in [9.17, 15) is 5.11 Å². The van der Waals surface area contributed by atoms with Gasteiger partial charge in [0.25, 0.3) is 0 Å². The summed E-state index contributed by atoms with van der Waals surface area (Å²) in [6, 6.07) is 14.7. The monoisotopic (exact) mass is 272 g/mol. The Bertz CT molecular complexity index is 515. The smallest absolute Gasteiger partial charge is 0.116 e. The van der Waals surface area contributed by atoms with Gasteiger partial charge in [-0.15, -0.1) is 0 Å². The quantitative estimate of drug-likeness (QED) is 0.728. The highest BCUT2D eigenvalue weighted by Gasteiger charge is 1.90. The van der Waals surface area contributed by atoms with Crippen LogP contribution >= 0.6 is 15.9 Å². The van der Waals surface area contributed by atoms with Crippen molar-refractivity contribution in [3.8, 4) is 17.6 Å². The van der Waals surface area contributed by atoms with Crippen molar-refractivity contribution in [1.82, 2.24) is 0 Å². The van der Waals surface area contributed by atoms with Crippen LogP contribution in [0.25, 0.3) is 0 Å². The van der Waals surface area contributed by atoms with Gasteiger partial charge >= 0.3 is 0 Å². The molecule has 0 amide bonds. The Morgan fingerprint density at radius 2 is 1.50 bits per heavy atom. The Balaban J connectivity index is 2.28. The maximum atomic E-state index is 9.28. The van der Waals surface area contributed by atoms with Crippen LogP contribution in [0.4, 0.5) is 0 Å².